The zero-order valence-corrected chi connectivity index (χ0v) is 11.3. The van der Waals surface area contributed by atoms with E-state index in [1.807, 2.05) is 31.3 Å². The first-order valence-corrected chi connectivity index (χ1v) is 6.81. The number of benzene rings is 1. The normalized spacial score (nSPS) is 10.6. The summed E-state index contributed by atoms with van der Waals surface area (Å²) in [7, 11) is 0. The molecule has 1 N–H and O–H groups in total. The highest BCUT2D eigenvalue weighted by atomic mass is 32.1. The van der Waals surface area contributed by atoms with E-state index in [0.29, 0.717) is 6.54 Å². The van der Waals surface area contributed by atoms with Gasteiger partial charge in [0.05, 0.1) is 18.4 Å². The van der Waals surface area contributed by atoms with Crippen molar-refractivity contribution in [2.75, 3.05) is 5.32 Å². The topological polar surface area (TPSA) is 55.6 Å². The lowest BCUT2D eigenvalue weighted by Gasteiger charge is -2.10. The minimum atomic E-state index is 0.672. The Labute approximate surface area is 115 Å². The van der Waals surface area contributed by atoms with E-state index < -0.39 is 0 Å². The van der Waals surface area contributed by atoms with Crippen LogP contribution in [0.15, 0.2) is 42.0 Å². The van der Waals surface area contributed by atoms with Gasteiger partial charge < -0.3 is 5.32 Å². The lowest BCUT2D eigenvalue weighted by atomic mass is 10.3. The van der Waals surface area contributed by atoms with Crippen LogP contribution in [-0.2, 0) is 6.54 Å². The smallest absolute Gasteiger partial charge is 0.205 e. The molecule has 0 radical (unpaired) electrons. The molecule has 3 rings (SSSR count). The summed E-state index contributed by atoms with van der Waals surface area (Å²) >= 11 is 1.49. The molecule has 96 valence electrons. The van der Waals surface area contributed by atoms with Crippen LogP contribution >= 0.6 is 11.3 Å². The van der Waals surface area contributed by atoms with E-state index in [1.54, 1.807) is 5.51 Å². The predicted molar refractivity (Wildman–Crippen MR) is 75.5 cm³/mol. The maximum atomic E-state index is 4.38. The Kier molecular flexibility index (Phi) is 3.24. The van der Waals surface area contributed by atoms with Crippen molar-refractivity contribution >= 4 is 16.5 Å². The molecule has 0 aliphatic heterocycles. The second kappa shape index (κ2) is 5.19. The van der Waals surface area contributed by atoms with Crippen molar-refractivity contribution in [2.24, 2.45) is 0 Å². The number of hydrogen-bond acceptors (Lipinski definition) is 5. The van der Waals surface area contributed by atoms with Crippen molar-refractivity contribution in [3.05, 3.63) is 53.6 Å². The maximum absolute atomic E-state index is 4.38. The van der Waals surface area contributed by atoms with Crippen molar-refractivity contribution in [1.29, 1.82) is 0 Å². The van der Waals surface area contributed by atoms with Crippen LogP contribution in [0.1, 0.15) is 11.5 Å². The monoisotopic (exact) mass is 271 g/mol. The first kappa shape index (κ1) is 11.9. The first-order chi connectivity index (χ1) is 9.34. The van der Waals surface area contributed by atoms with Gasteiger partial charge >= 0.3 is 0 Å². The quantitative estimate of drug-likeness (QED) is 0.792. The van der Waals surface area contributed by atoms with Gasteiger partial charge in [-0.05, 0) is 19.1 Å². The van der Waals surface area contributed by atoms with Crippen molar-refractivity contribution < 1.29 is 0 Å². The molecule has 3 aromatic rings. The van der Waals surface area contributed by atoms with Crippen LogP contribution in [0.2, 0.25) is 0 Å². The number of anilines is 1. The molecule has 0 saturated heterocycles. The Hall–Kier alpha value is -2.21. The third kappa shape index (κ3) is 2.48. The number of hydrogen-bond donors (Lipinski definition) is 1. The van der Waals surface area contributed by atoms with Crippen molar-refractivity contribution in [3.8, 4) is 5.69 Å². The zero-order chi connectivity index (χ0) is 13.1. The Bertz CT molecular complexity index is 645. The first-order valence-electron chi connectivity index (χ1n) is 5.93. The number of aryl methyl sites for hydroxylation is 1. The molecule has 0 saturated carbocycles. The lowest BCUT2D eigenvalue weighted by Crippen LogP contribution is -2.07. The average molecular weight is 271 g/mol. The third-order valence-corrected chi connectivity index (χ3v) is 3.46. The number of aromatic nitrogens is 4. The Morgan fingerprint density at radius 1 is 1.26 bits per heavy atom. The summed E-state index contributed by atoms with van der Waals surface area (Å²) in [5.41, 5.74) is 3.92. The van der Waals surface area contributed by atoms with Gasteiger partial charge in [0.15, 0.2) is 0 Å². The predicted octanol–water partition coefficient (Wildman–Crippen LogP) is 2.64. The standard InChI is InChI=1S/C13H13N5S/c1-10-14-7-12(8-15-13-17-16-9-19-13)18(10)11-5-3-2-4-6-11/h2-7,9H,8H2,1H3,(H,15,17). The Morgan fingerprint density at radius 3 is 2.84 bits per heavy atom. The third-order valence-electron chi connectivity index (χ3n) is 2.81. The molecule has 0 bridgehead atoms. The number of nitrogens with one attached hydrogen (secondary N) is 1. The van der Waals surface area contributed by atoms with Gasteiger partial charge in [0, 0.05) is 5.69 Å². The van der Waals surface area contributed by atoms with E-state index in [0.717, 1.165) is 22.3 Å². The van der Waals surface area contributed by atoms with Gasteiger partial charge in [0.2, 0.25) is 5.13 Å². The van der Waals surface area contributed by atoms with Crippen LogP contribution in [0, 0.1) is 6.92 Å². The molecule has 1 aromatic carbocycles. The summed E-state index contributed by atoms with van der Waals surface area (Å²) in [6, 6.07) is 10.2. The van der Waals surface area contributed by atoms with Crippen LogP contribution in [0.4, 0.5) is 5.13 Å². The highest BCUT2D eigenvalue weighted by Crippen LogP contribution is 2.16. The van der Waals surface area contributed by atoms with E-state index in [9.17, 15) is 0 Å². The second-order valence-electron chi connectivity index (χ2n) is 4.07. The number of imidazole rings is 1. The van der Waals surface area contributed by atoms with Gasteiger partial charge in [-0.15, -0.1) is 10.2 Å². The van der Waals surface area contributed by atoms with E-state index in [-0.39, 0.29) is 0 Å². The Balaban J connectivity index is 1.87. The van der Waals surface area contributed by atoms with Crippen LogP contribution in [0.5, 0.6) is 0 Å². The molecular weight excluding hydrogens is 258 g/mol. The van der Waals surface area contributed by atoms with E-state index in [2.05, 4.69) is 37.2 Å². The molecule has 0 aliphatic carbocycles. The fourth-order valence-corrected chi connectivity index (χ4v) is 2.41. The molecule has 19 heavy (non-hydrogen) atoms. The molecule has 2 aromatic heterocycles. The van der Waals surface area contributed by atoms with Gasteiger partial charge in [0.1, 0.15) is 11.3 Å². The number of rotatable bonds is 4. The maximum Gasteiger partial charge on any atom is 0.205 e. The summed E-state index contributed by atoms with van der Waals surface area (Å²) in [6.07, 6.45) is 1.89. The zero-order valence-electron chi connectivity index (χ0n) is 10.4. The molecule has 0 unspecified atom stereocenters. The number of para-hydroxylation sites is 1. The molecule has 0 amide bonds. The van der Waals surface area contributed by atoms with Crippen LogP contribution in [0.25, 0.3) is 5.69 Å². The van der Waals surface area contributed by atoms with E-state index >= 15 is 0 Å². The highest BCUT2D eigenvalue weighted by Gasteiger charge is 2.08. The molecule has 0 atom stereocenters. The van der Waals surface area contributed by atoms with E-state index in [1.165, 1.54) is 11.3 Å². The fourth-order valence-electron chi connectivity index (χ4n) is 1.96. The molecule has 0 aliphatic rings. The SMILES string of the molecule is Cc1ncc(CNc2nncs2)n1-c1ccccc1. The fraction of sp³-hybridized carbons (Fsp3) is 0.154. The van der Waals surface area contributed by atoms with Gasteiger partial charge in [-0.1, -0.05) is 29.5 Å². The van der Waals surface area contributed by atoms with Crippen molar-refractivity contribution in [1.82, 2.24) is 19.7 Å². The van der Waals surface area contributed by atoms with Crippen LogP contribution < -0.4 is 5.32 Å². The van der Waals surface area contributed by atoms with Crippen LogP contribution in [-0.4, -0.2) is 19.7 Å². The van der Waals surface area contributed by atoms with Gasteiger partial charge in [-0.2, -0.15) is 0 Å². The summed E-state index contributed by atoms with van der Waals surface area (Å²) in [4.78, 5) is 4.38. The van der Waals surface area contributed by atoms with Gasteiger partial charge in [-0.3, -0.25) is 4.57 Å². The highest BCUT2D eigenvalue weighted by molar-refractivity contribution is 7.13. The summed E-state index contributed by atoms with van der Waals surface area (Å²) in [5, 5.41) is 11.8. The minimum Gasteiger partial charge on any atom is -0.354 e. The molecule has 5 nitrogen and oxygen atoms in total. The van der Waals surface area contributed by atoms with Crippen molar-refractivity contribution in [3.63, 3.8) is 0 Å². The largest absolute Gasteiger partial charge is 0.354 e. The van der Waals surface area contributed by atoms with Crippen LogP contribution in [0.3, 0.4) is 0 Å². The summed E-state index contributed by atoms with van der Waals surface area (Å²) in [6.45, 7) is 2.67. The Morgan fingerprint density at radius 2 is 2.11 bits per heavy atom. The molecular formula is C13H13N5S. The average Bonchev–Trinajstić information content (AvgIpc) is 3.07. The minimum absolute atomic E-state index is 0.672. The number of nitrogens with zero attached hydrogens (tertiary/aromatic N) is 4. The summed E-state index contributed by atoms with van der Waals surface area (Å²) in [5.74, 6) is 0.972. The van der Waals surface area contributed by atoms with Gasteiger partial charge in [-0.25, -0.2) is 4.98 Å². The lowest BCUT2D eigenvalue weighted by molar-refractivity contribution is 0.896. The molecule has 2 heterocycles. The molecule has 6 heteroatoms. The second-order valence-corrected chi connectivity index (χ2v) is 4.90. The molecule has 0 spiro atoms. The molecule has 0 fully saturated rings. The van der Waals surface area contributed by atoms with Gasteiger partial charge in [0.25, 0.3) is 0 Å². The summed E-state index contributed by atoms with van der Waals surface area (Å²) < 4.78 is 2.13. The van der Waals surface area contributed by atoms with Crippen molar-refractivity contribution in [2.45, 2.75) is 13.5 Å². The van der Waals surface area contributed by atoms with E-state index in [4.69, 9.17) is 0 Å².